The van der Waals surface area contributed by atoms with Gasteiger partial charge in [-0.05, 0) is 48.7 Å². The van der Waals surface area contributed by atoms with Crippen molar-refractivity contribution in [1.29, 1.82) is 0 Å². The number of benzene rings is 2. The molecule has 2 atom stereocenters. The summed E-state index contributed by atoms with van der Waals surface area (Å²) in [6.45, 7) is 2.02. The number of rotatable bonds is 0. The second-order valence-electron chi connectivity index (χ2n) is 9.29. The van der Waals surface area contributed by atoms with E-state index < -0.39 is 6.10 Å². The van der Waals surface area contributed by atoms with E-state index in [1.54, 1.807) is 24.3 Å². The lowest BCUT2D eigenvalue weighted by molar-refractivity contribution is 0.0825. The minimum Gasteiger partial charge on any atom is -0.391 e. The van der Waals surface area contributed by atoms with Gasteiger partial charge in [0, 0.05) is 30.6 Å². The predicted octanol–water partition coefficient (Wildman–Crippen LogP) is 2.48. The maximum Gasteiger partial charge on any atom is 0.267 e. The van der Waals surface area contributed by atoms with Crippen LogP contribution in [0.5, 0.6) is 0 Å². The van der Waals surface area contributed by atoms with Crippen LogP contribution in [0.3, 0.4) is 0 Å². The summed E-state index contributed by atoms with van der Waals surface area (Å²) in [5.74, 6) is 0.832. The zero-order valence-corrected chi connectivity index (χ0v) is 19.2. The van der Waals surface area contributed by atoms with Crippen molar-refractivity contribution in [1.82, 2.24) is 19.3 Å². The van der Waals surface area contributed by atoms with Gasteiger partial charge >= 0.3 is 0 Å². The summed E-state index contributed by atoms with van der Waals surface area (Å²) in [4.78, 5) is 32.5. The van der Waals surface area contributed by atoms with Gasteiger partial charge in [0.15, 0.2) is 0 Å². The van der Waals surface area contributed by atoms with E-state index >= 15 is 0 Å². The quantitative estimate of drug-likeness (QED) is 0.409. The second kappa shape index (κ2) is 8.66. The van der Waals surface area contributed by atoms with Gasteiger partial charge in [0.25, 0.3) is 11.5 Å². The summed E-state index contributed by atoms with van der Waals surface area (Å²) in [5.41, 5.74) is 2.67. The Hall–Kier alpha value is -3.98. The van der Waals surface area contributed by atoms with Crippen molar-refractivity contribution in [3.63, 3.8) is 0 Å². The third-order valence-corrected chi connectivity index (χ3v) is 6.95. The number of aromatic nitrogens is 4. The van der Waals surface area contributed by atoms with E-state index in [0.29, 0.717) is 24.6 Å². The van der Waals surface area contributed by atoms with Crippen LogP contribution >= 0.6 is 0 Å². The smallest absolute Gasteiger partial charge is 0.267 e. The van der Waals surface area contributed by atoms with E-state index in [2.05, 4.69) is 20.3 Å². The number of para-hydroxylation sites is 2. The number of amides is 1. The van der Waals surface area contributed by atoms with Crippen molar-refractivity contribution >= 4 is 28.7 Å². The minimum atomic E-state index is -0.645. The van der Waals surface area contributed by atoms with Gasteiger partial charge in [-0.3, -0.25) is 14.9 Å². The lowest BCUT2D eigenvalue weighted by atomic mass is 9.92. The molecule has 0 unspecified atom stereocenters. The van der Waals surface area contributed by atoms with Gasteiger partial charge in [0.1, 0.15) is 5.82 Å². The molecule has 1 saturated heterocycles. The molecule has 9 heteroatoms. The molecule has 0 radical (unpaired) electrons. The van der Waals surface area contributed by atoms with Gasteiger partial charge in [-0.2, -0.15) is 5.10 Å². The first-order valence-corrected chi connectivity index (χ1v) is 11.9. The average Bonchev–Trinajstić information content (AvgIpc) is 3.21. The Morgan fingerprint density at radius 1 is 1.00 bits per heavy atom. The number of hydrogen-bond acceptors (Lipinski definition) is 6. The number of carbonyl (C=O) groups is 1. The molecule has 1 amide bonds. The fourth-order valence-corrected chi connectivity index (χ4v) is 5.10. The minimum absolute atomic E-state index is 0.0104. The Morgan fingerprint density at radius 3 is 2.80 bits per heavy atom. The van der Waals surface area contributed by atoms with Gasteiger partial charge in [0.2, 0.25) is 5.95 Å². The molecular formula is C26H26N6O3. The summed E-state index contributed by atoms with van der Waals surface area (Å²) < 4.78 is 3.32. The molecule has 0 aliphatic carbocycles. The Kier molecular flexibility index (Phi) is 5.33. The number of aliphatic hydroxyl groups is 1. The number of carbonyl (C=O) groups excluding carboxylic acids is 1. The average molecular weight is 471 g/mol. The highest BCUT2D eigenvalue weighted by Crippen LogP contribution is 2.27. The summed E-state index contributed by atoms with van der Waals surface area (Å²) in [6, 6.07) is 18.1. The zero-order valence-electron chi connectivity index (χ0n) is 19.2. The molecule has 0 spiro atoms. The first-order valence-electron chi connectivity index (χ1n) is 11.9. The first kappa shape index (κ1) is 21.5. The second-order valence-corrected chi connectivity index (χ2v) is 9.29. The molecule has 4 heterocycles. The highest BCUT2D eigenvalue weighted by molar-refractivity contribution is 6.04. The number of aliphatic hydroxyl groups excluding tert-OH is 1. The van der Waals surface area contributed by atoms with Crippen molar-refractivity contribution in [2.75, 3.05) is 23.3 Å². The number of imidazole rings is 1. The number of nitrogens with one attached hydrogen (secondary N) is 1. The van der Waals surface area contributed by atoms with Crippen LogP contribution in [-0.2, 0) is 13.1 Å². The number of fused-ring (bicyclic) bond motifs is 10. The van der Waals surface area contributed by atoms with Crippen LogP contribution in [0, 0.1) is 5.92 Å². The van der Waals surface area contributed by atoms with Crippen LogP contribution in [-0.4, -0.2) is 49.5 Å². The highest BCUT2D eigenvalue weighted by atomic mass is 16.3. The molecule has 2 aliphatic heterocycles. The van der Waals surface area contributed by atoms with E-state index in [-0.39, 0.29) is 23.9 Å². The molecule has 6 rings (SSSR count). The van der Waals surface area contributed by atoms with Gasteiger partial charge in [0.05, 0.1) is 30.2 Å². The Morgan fingerprint density at radius 2 is 1.89 bits per heavy atom. The van der Waals surface area contributed by atoms with Gasteiger partial charge in [-0.1, -0.05) is 24.3 Å². The molecular weight excluding hydrogens is 444 g/mol. The highest BCUT2D eigenvalue weighted by Gasteiger charge is 2.29. The third-order valence-electron chi connectivity index (χ3n) is 6.95. The third kappa shape index (κ3) is 4.08. The topological polar surface area (TPSA) is 105 Å². The van der Waals surface area contributed by atoms with Crippen LogP contribution in [0.4, 0.5) is 11.8 Å². The summed E-state index contributed by atoms with van der Waals surface area (Å²) in [7, 11) is 0. The van der Waals surface area contributed by atoms with Gasteiger partial charge in [-0.15, -0.1) is 0 Å². The fourth-order valence-electron chi connectivity index (χ4n) is 5.10. The number of anilines is 2. The summed E-state index contributed by atoms with van der Waals surface area (Å²) in [5, 5.41) is 18.9. The van der Waals surface area contributed by atoms with Crippen molar-refractivity contribution in [3.8, 4) is 0 Å². The molecule has 2 aromatic heterocycles. The monoisotopic (exact) mass is 470 g/mol. The lowest BCUT2D eigenvalue weighted by Gasteiger charge is -2.36. The van der Waals surface area contributed by atoms with Crippen LogP contribution in [0.1, 0.15) is 28.8 Å². The molecule has 2 aliphatic rings. The molecule has 1 fully saturated rings. The van der Waals surface area contributed by atoms with E-state index in [9.17, 15) is 14.7 Å². The van der Waals surface area contributed by atoms with Crippen LogP contribution in [0.15, 0.2) is 65.5 Å². The van der Waals surface area contributed by atoms with Gasteiger partial charge in [-0.25, -0.2) is 9.67 Å². The maximum absolute atomic E-state index is 13.2. The van der Waals surface area contributed by atoms with Crippen LogP contribution in [0.2, 0.25) is 0 Å². The molecule has 2 N–H and O–H groups in total. The SMILES string of the molecule is O=C1Nc2nc3ccccc3n2C[C@@H](O)[C@H]2CCCN(C2)c2ccc(=O)n(n2)Cc2cccc1c2. The number of nitrogens with zero attached hydrogens (tertiary/aromatic N) is 5. The standard InChI is InChI=1S/C26H26N6O3/c33-22-16-31-21-9-2-1-8-20(21)27-26(31)28-25(35)18-6-3-5-17(13-18)14-32-24(34)11-10-23(29-32)30-12-4-7-19(22)15-30/h1-3,5-6,8-11,13,19,22,33H,4,7,12,14-16H2,(H,27,28,35)/t19-,22+/m0/s1. The first-order chi connectivity index (χ1) is 17.0. The molecule has 0 saturated carbocycles. The van der Waals surface area contributed by atoms with Crippen molar-refractivity contribution in [3.05, 3.63) is 82.1 Å². The lowest BCUT2D eigenvalue weighted by Crippen LogP contribution is -2.43. The zero-order chi connectivity index (χ0) is 23.9. The predicted molar refractivity (Wildman–Crippen MR) is 133 cm³/mol. The largest absolute Gasteiger partial charge is 0.391 e. The Balaban J connectivity index is 1.47. The maximum atomic E-state index is 13.2. The Bertz CT molecular complexity index is 1480. The van der Waals surface area contributed by atoms with E-state index in [1.807, 2.05) is 34.9 Å². The van der Waals surface area contributed by atoms with E-state index in [4.69, 9.17) is 0 Å². The summed E-state index contributed by atoms with van der Waals surface area (Å²) >= 11 is 0. The van der Waals surface area contributed by atoms with Crippen molar-refractivity contribution in [2.45, 2.75) is 32.0 Å². The molecule has 35 heavy (non-hydrogen) atoms. The summed E-state index contributed by atoms with van der Waals surface area (Å²) in [6.07, 6.45) is 1.16. The molecule has 2 aromatic carbocycles. The molecule has 6 bridgehead atoms. The number of hydrogen-bond donors (Lipinski definition) is 2. The Labute approximate surface area is 201 Å². The van der Waals surface area contributed by atoms with Crippen LogP contribution < -0.4 is 15.8 Å². The van der Waals surface area contributed by atoms with Crippen LogP contribution in [0.25, 0.3) is 11.0 Å². The molecule has 4 aromatic rings. The van der Waals surface area contributed by atoms with Crippen molar-refractivity contribution < 1.29 is 9.90 Å². The fraction of sp³-hybridized carbons (Fsp3) is 0.308. The number of piperidine rings is 1. The molecule has 9 nitrogen and oxygen atoms in total. The normalized spacial score (nSPS) is 20.4. The molecule has 178 valence electrons. The van der Waals surface area contributed by atoms with E-state index in [0.717, 1.165) is 41.8 Å². The van der Waals surface area contributed by atoms with E-state index in [1.165, 1.54) is 10.7 Å². The van der Waals surface area contributed by atoms with Crippen molar-refractivity contribution in [2.24, 2.45) is 5.92 Å². The van der Waals surface area contributed by atoms with Gasteiger partial charge < -0.3 is 14.6 Å².